The zero-order chi connectivity index (χ0) is 22.9. The molecule has 0 radical (unpaired) electrons. The number of morpholine rings is 1. The molecule has 0 bridgehead atoms. The molecule has 3 rings (SSSR count). The molecule has 4 N–H and O–H groups in total. The van der Waals surface area contributed by atoms with Crippen molar-refractivity contribution in [2.24, 2.45) is 10.7 Å². The number of hydrogen-bond donors (Lipinski definition) is 3. The summed E-state index contributed by atoms with van der Waals surface area (Å²) in [6.45, 7) is 2.19. The summed E-state index contributed by atoms with van der Waals surface area (Å²) in [6, 6.07) is 3.20. The number of anilines is 2. The summed E-state index contributed by atoms with van der Waals surface area (Å²) in [5.74, 6) is -1.05. The number of hydrogen-bond acceptors (Lipinski definition) is 8. The van der Waals surface area contributed by atoms with Crippen molar-refractivity contribution in [2.45, 2.75) is 6.54 Å². The summed E-state index contributed by atoms with van der Waals surface area (Å²) in [5, 5.41) is 5.99. The van der Waals surface area contributed by atoms with E-state index in [2.05, 4.69) is 25.6 Å². The molecule has 9 nitrogen and oxygen atoms in total. The van der Waals surface area contributed by atoms with Crippen LogP contribution in [0, 0.1) is 11.6 Å². The van der Waals surface area contributed by atoms with E-state index in [1.54, 1.807) is 4.90 Å². The van der Waals surface area contributed by atoms with Crippen LogP contribution in [-0.4, -0.2) is 59.8 Å². The number of nitrogens with one attached hydrogen (secondary N) is 2. The zero-order valence-electron chi connectivity index (χ0n) is 17.0. The Morgan fingerprint density at radius 1 is 1.28 bits per heavy atom. The Hall–Kier alpha value is -3.31. The number of carbonyl (C=O) groups is 1. The fourth-order valence-electron chi connectivity index (χ4n) is 2.83. The van der Waals surface area contributed by atoms with Crippen molar-refractivity contribution >= 4 is 35.5 Å². The molecule has 1 aliphatic rings. The van der Waals surface area contributed by atoms with E-state index in [0.29, 0.717) is 37.6 Å². The van der Waals surface area contributed by atoms with E-state index in [-0.39, 0.29) is 35.8 Å². The number of allylic oxidation sites excluding steroid dienone is 1. The van der Waals surface area contributed by atoms with Crippen LogP contribution in [0.2, 0.25) is 5.02 Å². The number of aromatic nitrogens is 2. The molecule has 0 saturated carbocycles. The largest absolute Gasteiger partial charge is 0.403 e. The number of nitrogens with two attached hydrogens (primary N) is 1. The fourth-order valence-corrected chi connectivity index (χ4v) is 2.99. The molecule has 1 fully saturated rings. The van der Waals surface area contributed by atoms with Crippen LogP contribution >= 0.6 is 11.6 Å². The first kappa shape index (κ1) is 23.4. The molecule has 0 atom stereocenters. The van der Waals surface area contributed by atoms with Crippen molar-refractivity contribution < 1.29 is 18.3 Å². The molecular weight excluding hydrogens is 444 g/mol. The van der Waals surface area contributed by atoms with E-state index in [1.165, 1.54) is 30.7 Å². The lowest BCUT2D eigenvalue weighted by Gasteiger charge is -2.26. The molecule has 2 heterocycles. The van der Waals surface area contributed by atoms with Crippen molar-refractivity contribution in [1.82, 2.24) is 14.9 Å². The van der Waals surface area contributed by atoms with Crippen LogP contribution < -0.4 is 16.4 Å². The van der Waals surface area contributed by atoms with Gasteiger partial charge in [-0.2, -0.15) is 4.98 Å². The van der Waals surface area contributed by atoms with Crippen LogP contribution in [0.4, 0.5) is 20.5 Å². The van der Waals surface area contributed by atoms with Gasteiger partial charge in [0.2, 0.25) is 11.9 Å². The van der Waals surface area contributed by atoms with Crippen molar-refractivity contribution in [3.63, 3.8) is 0 Å². The number of ether oxygens (including phenoxy) is 1. The highest BCUT2D eigenvalue weighted by atomic mass is 35.5. The maximum Gasteiger partial charge on any atom is 0.244 e. The molecule has 1 aromatic carbocycles. The van der Waals surface area contributed by atoms with E-state index < -0.39 is 11.6 Å². The Balaban J connectivity index is 1.58. The number of amides is 1. The number of nitrogens with zero attached hydrogens (tertiary/aromatic N) is 4. The first-order valence-corrected chi connectivity index (χ1v) is 10.1. The second-order valence-corrected chi connectivity index (χ2v) is 7.14. The molecule has 0 aliphatic carbocycles. The maximum absolute atomic E-state index is 13.3. The summed E-state index contributed by atoms with van der Waals surface area (Å²) in [6.07, 6.45) is 4.01. The molecule has 1 saturated heterocycles. The van der Waals surface area contributed by atoms with Gasteiger partial charge in [-0.1, -0.05) is 11.6 Å². The van der Waals surface area contributed by atoms with Gasteiger partial charge in [-0.25, -0.2) is 13.8 Å². The quantitative estimate of drug-likeness (QED) is 0.511. The zero-order valence-corrected chi connectivity index (χ0v) is 17.8. The Kier molecular flexibility index (Phi) is 8.28. The Labute approximate surface area is 188 Å². The number of benzene rings is 1. The Bertz CT molecular complexity index is 993. The number of halogens is 3. The third kappa shape index (κ3) is 6.86. The average molecular weight is 466 g/mol. The van der Waals surface area contributed by atoms with Gasteiger partial charge in [0.1, 0.15) is 23.2 Å². The molecule has 0 unspecified atom stereocenters. The van der Waals surface area contributed by atoms with Gasteiger partial charge in [0.05, 0.1) is 25.1 Å². The van der Waals surface area contributed by atoms with Crippen molar-refractivity contribution in [3.05, 3.63) is 58.5 Å². The second kappa shape index (κ2) is 11.3. The predicted molar refractivity (Wildman–Crippen MR) is 117 cm³/mol. The first-order valence-electron chi connectivity index (χ1n) is 9.70. The molecule has 1 aliphatic heterocycles. The van der Waals surface area contributed by atoms with Crippen LogP contribution in [0.3, 0.4) is 0 Å². The topological polar surface area (TPSA) is 118 Å². The summed E-state index contributed by atoms with van der Waals surface area (Å²) in [4.78, 5) is 26.2. The van der Waals surface area contributed by atoms with Gasteiger partial charge in [0.25, 0.3) is 0 Å². The monoisotopic (exact) mass is 465 g/mol. The fraction of sp³-hybridized carbons (Fsp3) is 0.300. The van der Waals surface area contributed by atoms with Gasteiger partial charge in [-0.15, -0.1) is 0 Å². The summed E-state index contributed by atoms with van der Waals surface area (Å²) >= 11 is 6.11. The van der Waals surface area contributed by atoms with Crippen LogP contribution in [0.1, 0.15) is 5.56 Å². The molecule has 1 amide bonds. The number of rotatable bonds is 8. The van der Waals surface area contributed by atoms with E-state index in [4.69, 9.17) is 22.1 Å². The minimum atomic E-state index is -0.679. The smallest absolute Gasteiger partial charge is 0.244 e. The molecule has 12 heteroatoms. The Morgan fingerprint density at radius 3 is 2.69 bits per heavy atom. The van der Waals surface area contributed by atoms with Crippen LogP contribution in [0.5, 0.6) is 0 Å². The van der Waals surface area contributed by atoms with Gasteiger partial charge >= 0.3 is 0 Å². The second-order valence-electron chi connectivity index (χ2n) is 6.73. The van der Waals surface area contributed by atoms with Gasteiger partial charge in [0, 0.05) is 38.1 Å². The van der Waals surface area contributed by atoms with Crippen molar-refractivity contribution in [2.75, 3.05) is 43.5 Å². The van der Waals surface area contributed by atoms with Gasteiger partial charge in [-0.05, 0) is 17.7 Å². The highest BCUT2D eigenvalue weighted by molar-refractivity contribution is 6.32. The lowest BCUT2D eigenvalue weighted by molar-refractivity contribution is -0.133. The summed E-state index contributed by atoms with van der Waals surface area (Å²) < 4.78 is 31.9. The van der Waals surface area contributed by atoms with Crippen molar-refractivity contribution in [3.8, 4) is 0 Å². The molecule has 0 spiro atoms. The molecule has 1 aromatic heterocycles. The first-order chi connectivity index (χ1) is 15.4. The lowest BCUT2D eigenvalue weighted by Crippen LogP contribution is -2.41. The lowest BCUT2D eigenvalue weighted by atomic mass is 10.2. The Morgan fingerprint density at radius 2 is 2.00 bits per heavy atom. The predicted octanol–water partition coefficient (Wildman–Crippen LogP) is 2.16. The summed E-state index contributed by atoms with van der Waals surface area (Å²) in [5.41, 5.74) is 6.36. The van der Waals surface area contributed by atoms with Crippen LogP contribution in [0.25, 0.3) is 0 Å². The highest BCUT2D eigenvalue weighted by Crippen LogP contribution is 2.21. The maximum atomic E-state index is 13.3. The summed E-state index contributed by atoms with van der Waals surface area (Å²) in [7, 11) is 0. The standard InChI is InChI=1S/C20H22ClF2N7O2/c21-17-11-27-20(29-19(17)26-9-13-5-14(22)7-15(23)6-13)28-16(8-24)10-25-12-18(31)30-1-3-32-4-2-30/h5-8,10-11H,1-4,9,12,24H2,(H2,26,27,28,29)/b16-8+,25-10?. The third-order valence-corrected chi connectivity index (χ3v) is 4.66. The van der Waals surface area contributed by atoms with Gasteiger partial charge in [0.15, 0.2) is 5.82 Å². The molecule has 2 aromatic rings. The molecule has 170 valence electrons. The van der Waals surface area contributed by atoms with Crippen LogP contribution in [0.15, 0.2) is 41.3 Å². The normalized spacial score (nSPS) is 14.6. The SMILES string of the molecule is N/C=C(\C=NCC(=O)N1CCOCC1)Nc1ncc(Cl)c(NCc2cc(F)cc(F)c2)n1. The van der Waals surface area contributed by atoms with Crippen LogP contribution in [-0.2, 0) is 16.1 Å². The van der Waals surface area contributed by atoms with E-state index in [9.17, 15) is 13.6 Å². The minimum Gasteiger partial charge on any atom is -0.403 e. The minimum absolute atomic E-state index is 0.0303. The van der Waals surface area contributed by atoms with Crippen molar-refractivity contribution in [1.29, 1.82) is 0 Å². The molecule has 32 heavy (non-hydrogen) atoms. The molecular formula is C20H22ClF2N7O2. The average Bonchev–Trinajstić information content (AvgIpc) is 2.78. The van der Waals surface area contributed by atoms with E-state index in [1.807, 2.05) is 0 Å². The van der Waals surface area contributed by atoms with E-state index >= 15 is 0 Å². The number of aliphatic imine (C=N–C) groups is 1. The third-order valence-electron chi connectivity index (χ3n) is 4.38. The highest BCUT2D eigenvalue weighted by Gasteiger charge is 2.15. The van der Waals surface area contributed by atoms with Gasteiger partial charge < -0.3 is 26.0 Å². The van der Waals surface area contributed by atoms with E-state index in [0.717, 1.165) is 6.07 Å². The number of carbonyl (C=O) groups excluding carboxylic acids is 1. The van der Waals surface area contributed by atoms with Gasteiger partial charge in [-0.3, -0.25) is 9.79 Å².